The molecule has 2 aliphatic heterocycles. The summed E-state index contributed by atoms with van der Waals surface area (Å²) >= 11 is 1.62. The van der Waals surface area contributed by atoms with Crippen molar-refractivity contribution in [1.82, 2.24) is 10.2 Å². The summed E-state index contributed by atoms with van der Waals surface area (Å²) in [7, 11) is 0. The van der Waals surface area contributed by atoms with Gasteiger partial charge in [0.1, 0.15) is 10.9 Å². The largest absolute Gasteiger partial charge is 0.454 e. The van der Waals surface area contributed by atoms with Crippen molar-refractivity contribution in [2.24, 2.45) is 0 Å². The Bertz CT molecular complexity index is 735. The lowest BCUT2D eigenvalue weighted by molar-refractivity contribution is -0.156. The maximum atomic E-state index is 12.6. The molecule has 0 bridgehead atoms. The number of amides is 2. The summed E-state index contributed by atoms with van der Waals surface area (Å²) in [6.07, 6.45) is 5.34. The van der Waals surface area contributed by atoms with E-state index in [1.807, 2.05) is 30.3 Å². The Morgan fingerprint density at radius 2 is 1.96 bits per heavy atom. The van der Waals surface area contributed by atoms with Gasteiger partial charge in [-0.05, 0) is 24.8 Å². The van der Waals surface area contributed by atoms with Crippen LogP contribution in [-0.2, 0) is 24.0 Å². The fraction of sp³-hybridized carbons (Fsp3) is 0.550. The molecule has 144 valence electrons. The lowest BCUT2D eigenvalue weighted by atomic mass is 10.0. The summed E-state index contributed by atoms with van der Waals surface area (Å²) in [5, 5.41) is 2.91. The molecule has 3 fully saturated rings. The molecule has 7 heteroatoms. The molecule has 4 rings (SSSR count). The van der Waals surface area contributed by atoms with Crippen LogP contribution in [0.25, 0.3) is 0 Å². The second-order valence-corrected chi connectivity index (χ2v) is 8.69. The minimum atomic E-state index is -0.635. The molecule has 1 aromatic rings. The molecule has 3 aliphatic rings. The fourth-order valence-electron chi connectivity index (χ4n) is 4.39. The number of rotatable bonds is 5. The molecule has 0 spiro atoms. The number of nitrogens with one attached hydrogen (secondary N) is 1. The van der Waals surface area contributed by atoms with Gasteiger partial charge in [-0.1, -0.05) is 43.2 Å². The number of ether oxygens (including phenoxy) is 1. The normalized spacial score (nSPS) is 27.6. The Labute approximate surface area is 163 Å². The summed E-state index contributed by atoms with van der Waals surface area (Å²) in [6, 6.07) is 9.40. The van der Waals surface area contributed by atoms with Crippen molar-refractivity contribution in [2.45, 2.75) is 55.5 Å². The monoisotopic (exact) mass is 388 g/mol. The van der Waals surface area contributed by atoms with E-state index in [2.05, 4.69) is 5.32 Å². The Kier molecular flexibility index (Phi) is 5.12. The van der Waals surface area contributed by atoms with Crippen molar-refractivity contribution in [3.63, 3.8) is 0 Å². The zero-order valence-corrected chi connectivity index (χ0v) is 16.0. The molecule has 1 saturated carbocycles. The Balaban J connectivity index is 1.41. The van der Waals surface area contributed by atoms with E-state index in [0.29, 0.717) is 18.6 Å². The van der Waals surface area contributed by atoms with Gasteiger partial charge in [0.15, 0.2) is 6.61 Å². The van der Waals surface area contributed by atoms with Gasteiger partial charge >= 0.3 is 5.97 Å². The number of fused-ring (bicyclic) bond motifs is 1. The highest BCUT2D eigenvalue weighted by atomic mass is 32.2. The first kappa shape index (κ1) is 18.3. The maximum absolute atomic E-state index is 12.6. The molecule has 1 aliphatic carbocycles. The number of esters is 1. The van der Waals surface area contributed by atoms with Gasteiger partial charge in [-0.2, -0.15) is 0 Å². The molecule has 2 saturated heterocycles. The Morgan fingerprint density at radius 1 is 1.22 bits per heavy atom. The molecule has 2 atom stereocenters. The molecule has 6 nitrogen and oxygen atoms in total. The quantitative estimate of drug-likeness (QED) is 0.783. The van der Waals surface area contributed by atoms with Crippen molar-refractivity contribution < 1.29 is 19.1 Å². The first-order valence-electron chi connectivity index (χ1n) is 9.58. The SMILES string of the molecule is O=C(COC(=O)[C@@H]1CS[C@]2(c3ccccc3)CCC(=O)N12)NC1CCCC1. The smallest absolute Gasteiger partial charge is 0.330 e. The van der Waals surface area contributed by atoms with Crippen LogP contribution in [0, 0.1) is 0 Å². The lowest BCUT2D eigenvalue weighted by Gasteiger charge is -2.33. The van der Waals surface area contributed by atoms with Gasteiger partial charge in [0.05, 0.1) is 0 Å². The number of hydrogen-bond donors (Lipinski definition) is 1. The topological polar surface area (TPSA) is 75.7 Å². The van der Waals surface area contributed by atoms with E-state index in [1.165, 1.54) is 0 Å². The molecule has 2 amide bonds. The third-order valence-electron chi connectivity index (χ3n) is 5.69. The lowest BCUT2D eigenvalue weighted by Crippen LogP contribution is -2.47. The number of hydrogen-bond acceptors (Lipinski definition) is 5. The van der Waals surface area contributed by atoms with E-state index in [0.717, 1.165) is 31.2 Å². The number of nitrogens with zero attached hydrogens (tertiary/aromatic N) is 1. The van der Waals surface area contributed by atoms with Crippen LogP contribution < -0.4 is 5.32 Å². The van der Waals surface area contributed by atoms with Crippen LogP contribution in [0.15, 0.2) is 30.3 Å². The Hall–Kier alpha value is -2.02. The average Bonchev–Trinajstić information content (AvgIpc) is 3.39. The van der Waals surface area contributed by atoms with E-state index in [4.69, 9.17) is 4.74 Å². The first-order chi connectivity index (χ1) is 13.1. The summed E-state index contributed by atoms with van der Waals surface area (Å²) in [4.78, 5) is 38.4. The minimum Gasteiger partial charge on any atom is -0.454 e. The first-order valence-corrected chi connectivity index (χ1v) is 10.6. The zero-order chi connectivity index (χ0) is 18.9. The van der Waals surface area contributed by atoms with Crippen molar-refractivity contribution in [2.75, 3.05) is 12.4 Å². The molecular formula is C20H24N2O4S. The van der Waals surface area contributed by atoms with E-state index >= 15 is 0 Å². The molecule has 1 aromatic carbocycles. The maximum Gasteiger partial charge on any atom is 0.330 e. The van der Waals surface area contributed by atoms with E-state index in [9.17, 15) is 14.4 Å². The highest BCUT2D eigenvalue weighted by Gasteiger charge is 2.57. The van der Waals surface area contributed by atoms with Crippen LogP contribution >= 0.6 is 11.8 Å². The van der Waals surface area contributed by atoms with Gasteiger partial charge in [-0.15, -0.1) is 11.8 Å². The zero-order valence-electron chi connectivity index (χ0n) is 15.2. The molecule has 2 heterocycles. The van der Waals surface area contributed by atoms with Crippen LogP contribution in [0.3, 0.4) is 0 Å². The Morgan fingerprint density at radius 3 is 2.70 bits per heavy atom. The summed E-state index contributed by atoms with van der Waals surface area (Å²) in [6.45, 7) is -0.281. The second-order valence-electron chi connectivity index (χ2n) is 7.40. The van der Waals surface area contributed by atoms with Crippen LogP contribution in [0.5, 0.6) is 0 Å². The number of carbonyl (C=O) groups excluding carboxylic acids is 3. The van der Waals surface area contributed by atoms with E-state index in [-0.39, 0.29) is 24.5 Å². The predicted molar refractivity (Wildman–Crippen MR) is 102 cm³/mol. The van der Waals surface area contributed by atoms with E-state index < -0.39 is 16.9 Å². The molecule has 1 N–H and O–H groups in total. The highest BCUT2D eigenvalue weighted by Crippen LogP contribution is 2.54. The molecule has 27 heavy (non-hydrogen) atoms. The summed E-state index contributed by atoms with van der Waals surface area (Å²) < 4.78 is 5.28. The van der Waals surface area contributed by atoms with Gasteiger partial charge in [-0.3, -0.25) is 9.59 Å². The van der Waals surface area contributed by atoms with Crippen LogP contribution in [-0.4, -0.2) is 47.1 Å². The molecule has 0 aromatic heterocycles. The van der Waals surface area contributed by atoms with Crippen molar-refractivity contribution >= 4 is 29.5 Å². The van der Waals surface area contributed by atoms with Gasteiger partial charge in [0.2, 0.25) is 5.91 Å². The predicted octanol–water partition coefficient (Wildman–Crippen LogP) is 2.18. The molecular weight excluding hydrogens is 364 g/mol. The molecule has 0 radical (unpaired) electrons. The average molecular weight is 388 g/mol. The third-order valence-corrected chi connectivity index (χ3v) is 7.29. The standard InChI is InChI=1S/C20H24N2O4S/c23-17(21-15-8-4-5-9-15)12-26-19(25)16-13-27-20(11-10-18(24)22(16)20)14-6-2-1-3-7-14/h1-3,6-7,15-16H,4-5,8-13H2,(H,21,23)/t16-,20-/m0/s1. The third kappa shape index (κ3) is 3.45. The minimum absolute atomic E-state index is 0.0267. The summed E-state index contributed by atoms with van der Waals surface area (Å²) in [5.41, 5.74) is 1.04. The van der Waals surface area contributed by atoms with Crippen molar-refractivity contribution in [3.05, 3.63) is 35.9 Å². The highest BCUT2D eigenvalue weighted by molar-refractivity contribution is 8.00. The van der Waals surface area contributed by atoms with Gasteiger partial charge < -0.3 is 15.0 Å². The summed E-state index contributed by atoms with van der Waals surface area (Å²) in [5.74, 6) is -0.287. The van der Waals surface area contributed by atoms with Gasteiger partial charge in [0, 0.05) is 18.2 Å². The second kappa shape index (κ2) is 7.54. The number of benzene rings is 1. The van der Waals surface area contributed by atoms with Crippen LogP contribution in [0.2, 0.25) is 0 Å². The number of carbonyl (C=O) groups is 3. The number of thioether (sulfide) groups is 1. The van der Waals surface area contributed by atoms with E-state index in [1.54, 1.807) is 16.7 Å². The molecule has 0 unspecified atom stereocenters. The van der Waals surface area contributed by atoms with Gasteiger partial charge in [0.25, 0.3) is 5.91 Å². The van der Waals surface area contributed by atoms with Gasteiger partial charge in [-0.25, -0.2) is 4.79 Å². The van der Waals surface area contributed by atoms with Crippen molar-refractivity contribution in [3.8, 4) is 0 Å². The van der Waals surface area contributed by atoms with Crippen molar-refractivity contribution in [1.29, 1.82) is 0 Å². The fourth-order valence-corrected chi connectivity index (χ4v) is 6.02. The van der Waals surface area contributed by atoms with Crippen LogP contribution in [0.4, 0.5) is 0 Å². The van der Waals surface area contributed by atoms with Crippen LogP contribution in [0.1, 0.15) is 44.1 Å².